The maximum absolute atomic E-state index is 10.9. The molecule has 1 saturated heterocycles. The molecule has 2 atom stereocenters. The number of nitrogens with one attached hydrogen (secondary N) is 1. The fourth-order valence-electron chi connectivity index (χ4n) is 1.77. The molecule has 82 valence electrons. The quantitative estimate of drug-likeness (QED) is 0.662. The van der Waals surface area contributed by atoms with Gasteiger partial charge in [-0.05, 0) is 33.4 Å². The van der Waals surface area contributed by atoms with E-state index in [-0.39, 0.29) is 5.97 Å². The largest absolute Gasteiger partial charge is 0.468 e. The highest BCUT2D eigenvalue weighted by atomic mass is 16.5. The minimum atomic E-state index is -0.184. The molecule has 1 aliphatic heterocycles. The molecular weight excluding hydrogens is 180 g/mol. The van der Waals surface area contributed by atoms with Gasteiger partial charge in [0.25, 0.3) is 0 Å². The second kappa shape index (κ2) is 5.32. The number of ether oxygens (including phenoxy) is 1. The van der Waals surface area contributed by atoms with Crippen LogP contribution < -0.4 is 5.32 Å². The van der Waals surface area contributed by atoms with Crippen molar-refractivity contribution in [3.8, 4) is 0 Å². The topological polar surface area (TPSA) is 41.6 Å². The molecule has 0 spiro atoms. The first kappa shape index (κ1) is 11.5. The molecule has 0 saturated carbocycles. The summed E-state index contributed by atoms with van der Waals surface area (Å²) in [5, 5.41) is 3.22. The van der Waals surface area contributed by atoms with Crippen LogP contribution in [0.15, 0.2) is 0 Å². The van der Waals surface area contributed by atoms with Crippen LogP contribution in [0, 0.1) is 0 Å². The first-order valence-corrected chi connectivity index (χ1v) is 5.14. The maximum Gasteiger partial charge on any atom is 0.319 e. The van der Waals surface area contributed by atoms with E-state index in [0.717, 1.165) is 19.4 Å². The summed E-state index contributed by atoms with van der Waals surface area (Å²) in [6, 6.07) is 1.05. The summed E-state index contributed by atoms with van der Waals surface area (Å²) < 4.78 is 4.58. The van der Waals surface area contributed by atoms with Crippen LogP contribution in [0.4, 0.5) is 0 Å². The van der Waals surface area contributed by atoms with Crippen molar-refractivity contribution in [3.63, 3.8) is 0 Å². The van der Waals surface area contributed by atoms with Crippen LogP contribution >= 0.6 is 0 Å². The zero-order valence-electron chi connectivity index (χ0n) is 9.25. The highest BCUT2D eigenvalue weighted by molar-refractivity contribution is 5.71. The second-order valence-electron chi connectivity index (χ2n) is 4.01. The molecule has 0 aliphatic carbocycles. The number of nitrogens with zero attached hydrogens (tertiary/aromatic N) is 1. The van der Waals surface area contributed by atoms with Crippen LogP contribution in [0.2, 0.25) is 0 Å². The van der Waals surface area contributed by atoms with Gasteiger partial charge in [-0.15, -0.1) is 0 Å². The van der Waals surface area contributed by atoms with Crippen LogP contribution in [0.25, 0.3) is 0 Å². The zero-order valence-corrected chi connectivity index (χ0v) is 9.25. The lowest BCUT2D eigenvalue weighted by molar-refractivity contribution is -0.139. The van der Waals surface area contributed by atoms with Crippen molar-refractivity contribution in [2.24, 2.45) is 0 Å². The van der Waals surface area contributed by atoms with E-state index in [1.54, 1.807) is 0 Å². The van der Waals surface area contributed by atoms with Crippen molar-refractivity contribution in [1.82, 2.24) is 10.2 Å². The molecule has 1 rings (SSSR count). The molecule has 0 aromatic carbocycles. The number of rotatable bonds is 3. The Hall–Kier alpha value is -0.610. The number of likely N-dealkylation sites (tertiary alicyclic amines) is 1. The lowest BCUT2D eigenvalue weighted by Gasteiger charge is -2.35. The number of carbonyl (C=O) groups excluding carboxylic acids is 1. The van der Waals surface area contributed by atoms with E-state index in [2.05, 4.69) is 28.9 Å². The van der Waals surface area contributed by atoms with Gasteiger partial charge in [-0.3, -0.25) is 4.79 Å². The summed E-state index contributed by atoms with van der Waals surface area (Å²) in [5.41, 5.74) is 0. The predicted octanol–water partition coefficient (Wildman–Crippen LogP) is 0.232. The van der Waals surface area contributed by atoms with Crippen molar-refractivity contribution in [1.29, 1.82) is 0 Å². The Labute approximate surface area is 85.6 Å². The lowest BCUT2D eigenvalue weighted by Crippen LogP contribution is -2.46. The van der Waals surface area contributed by atoms with Crippen molar-refractivity contribution >= 4 is 5.97 Å². The minimum Gasteiger partial charge on any atom is -0.468 e. The van der Waals surface area contributed by atoms with Crippen LogP contribution in [-0.4, -0.2) is 50.2 Å². The van der Waals surface area contributed by atoms with E-state index in [4.69, 9.17) is 0 Å². The second-order valence-corrected chi connectivity index (χ2v) is 4.01. The summed E-state index contributed by atoms with van der Waals surface area (Å²) in [6.07, 6.45) is 2.21. The number of hydrogen-bond acceptors (Lipinski definition) is 4. The van der Waals surface area contributed by atoms with E-state index in [1.165, 1.54) is 7.11 Å². The molecule has 4 nitrogen and oxygen atoms in total. The number of methoxy groups -OCH3 is 1. The minimum absolute atomic E-state index is 0.184. The van der Waals surface area contributed by atoms with Crippen molar-refractivity contribution in [3.05, 3.63) is 0 Å². The molecule has 14 heavy (non-hydrogen) atoms. The molecular formula is C10H20N2O2. The number of hydrogen-bond donors (Lipinski definition) is 1. The van der Waals surface area contributed by atoms with E-state index in [9.17, 15) is 4.79 Å². The third kappa shape index (κ3) is 3.27. The molecule has 0 bridgehead atoms. The Morgan fingerprint density at radius 3 is 2.93 bits per heavy atom. The summed E-state index contributed by atoms with van der Waals surface area (Å²) in [7, 11) is 3.56. The Bertz CT molecular complexity index is 197. The number of esters is 1. The van der Waals surface area contributed by atoms with Crippen LogP contribution in [-0.2, 0) is 9.53 Å². The average Bonchev–Trinajstić information content (AvgIpc) is 2.19. The van der Waals surface area contributed by atoms with Gasteiger partial charge in [0, 0.05) is 12.1 Å². The van der Waals surface area contributed by atoms with E-state index in [1.807, 2.05) is 0 Å². The SMILES string of the molecule is COC(=O)CNC1CCN(C)C(C)C1. The maximum atomic E-state index is 10.9. The van der Waals surface area contributed by atoms with Gasteiger partial charge >= 0.3 is 5.97 Å². The highest BCUT2D eigenvalue weighted by Gasteiger charge is 2.22. The molecule has 0 aromatic rings. The Morgan fingerprint density at radius 2 is 2.36 bits per heavy atom. The van der Waals surface area contributed by atoms with Crippen molar-refractivity contribution < 1.29 is 9.53 Å². The molecule has 1 aliphatic rings. The molecule has 0 radical (unpaired) electrons. The normalized spacial score (nSPS) is 28.8. The van der Waals surface area contributed by atoms with Gasteiger partial charge < -0.3 is 15.0 Å². The smallest absolute Gasteiger partial charge is 0.319 e. The molecule has 0 aromatic heterocycles. The summed E-state index contributed by atoms with van der Waals surface area (Å²) in [4.78, 5) is 13.2. The lowest BCUT2D eigenvalue weighted by atomic mass is 9.99. The van der Waals surface area contributed by atoms with Gasteiger partial charge in [-0.2, -0.15) is 0 Å². The molecule has 1 fully saturated rings. The number of piperidine rings is 1. The number of carbonyl (C=O) groups is 1. The monoisotopic (exact) mass is 200 g/mol. The first-order chi connectivity index (χ1) is 6.63. The standard InChI is InChI=1S/C10H20N2O2/c1-8-6-9(4-5-12(8)2)11-7-10(13)14-3/h8-9,11H,4-7H2,1-3H3. The fourth-order valence-corrected chi connectivity index (χ4v) is 1.77. The van der Waals surface area contributed by atoms with Gasteiger partial charge in [0.2, 0.25) is 0 Å². The Kier molecular flexibility index (Phi) is 4.35. The first-order valence-electron chi connectivity index (χ1n) is 5.14. The molecule has 1 N–H and O–H groups in total. The molecule has 2 unspecified atom stereocenters. The van der Waals surface area contributed by atoms with Crippen LogP contribution in [0.5, 0.6) is 0 Å². The van der Waals surface area contributed by atoms with Gasteiger partial charge in [0.1, 0.15) is 0 Å². The fraction of sp³-hybridized carbons (Fsp3) is 0.900. The third-order valence-electron chi connectivity index (χ3n) is 2.97. The summed E-state index contributed by atoms with van der Waals surface area (Å²) in [5.74, 6) is -0.184. The van der Waals surface area contributed by atoms with Crippen molar-refractivity contribution in [2.75, 3.05) is 27.2 Å². The Morgan fingerprint density at radius 1 is 1.64 bits per heavy atom. The van der Waals surface area contributed by atoms with Gasteiger partial charge in [-0.1, -0.05) is 0 Å². The molecule has 1 heterocycles. The van der Waals surface area contributed by atoms with Crippen LogP contribution in [0.1, 0.15) is 19.8 Å². The zero-order chi connectivity index (χ0) is 10.6. The third-order valence-corrected chi connectivity index (χ3v) is 2.97. The van der Waals surface area contributed by atoms with Gasteiger partial charge in [-0.25, -0.2) is 0 Å². The van der Waals surface area contributed by atoms with Crippen molar-refractivity contribution in [2.45, 2.75) is 31.8 Å². The molecule has 4 heteroatoms. The van der Waals surface area contributed by atoms with Crippen LogP contribution in [0.3, 0.4) is 0 Å². The van der Waals surface area contributed by atoms with E-state index in [0.29, 0.717) is 18.6 Å². The van der Waals surface area contributed by atoms with E-state index < -0.39 is 0 Å². The van der Waals surface area contributed by atoms with E-state index >= 15 is 0 Å². The van der Waals surface area contributed by atoms with Gasteiger partial charge in [0.05, 0.1) is 13.7 Å². The molecule has 0 amide bonds. The van der Waals surface area contributed by atoms with Gasteiger partial charge in [0.15, 0.2) is 0 Å². The predicted molar refractivity (Wildman–Crippen MR) is 55.1 cm³/mol. The average molecular weight is 200 g/mol. The summed E-state index contributed by atoms with van der Waals surface area (Å²) >= 11 is 0. The Balaban J connectivity index is 2.23. The summed E-state index contributed by atoms with van der Waals surface area (Å²) in [6.45, 7) is 3.64. The highest BCUT2D eigenvalue weighted by Crippen LogP contribution is 2.14.